The third-order valence-electron chi connectivity index (χ3n) is 4.20. The summed E-state index contributed by atoms with van der Waals surface area (Å²) in [5, 5.41) is 8.99. The third kappa shape index (κ3) is 5.38. The summed E-state index contributed by atoms with van der Waals surface area (Å²) in [6.45, 7) is 6.70. The molecule has 0 bridgehead atoms. The van der Waals surface area contributed by atoms with Gasteiger partial charge in [0.2, 0.25) is 0 Å². The fraction of sp³-hybridized carbons (Fsp3) is 0.933. The maximum absolute atomic E-state index is 10.9. The highest BCUT2D eigenvalue weighted by Gasteiger charge is 2.26. The van der Waals surface area contributed by atoms with E-state index in [1.807, 2.05) is 0 Å². The Morgan fingerprint density at radius 3 is 2.78 bits per heavy atom. The van der Waals surface area contributed by atoms with E-state index in [2.05, 4.69) is 18.7 Å². The molecule has 1 fully saturated rings. The molecule has 0 amide bonds. The molecule has 3 heteroatoms. The van der Waals surface area contributed by atoms with E-state index in [-0.39, 0.29) is 6.04 Å². The van der Waals surface area contributed by atoms with Crippen molar-refractivity contribution in [1.29, 1.82) is 0 Å². The Morgan fingerprint density at radius 2 is 2.17 bits per heavy atom. The summed E-state index contributed by atoms with van der Waals surface area (Å²) in [6.07, 6.45) is 8.89. The Morgan fingerprint density at radius 1 is 1.39 bits per heavy atom. The zero-order chi connectivity index (χ0) is 13.4. The first-order chi connectivity index (χ1) is 8.67. The van der Waals surface area contributed by atoms with E-state index in [1.54, 1.807) is 0 Å². The van der Waals surface area contributed by atoms with Crippen LogP contribution in [0.3, 0.4) is 0 Å². The summed E-state index contributed by atoms with van der Waals surface area (Å²) in [6, 6.07) is 0.284. The molecular formula is C15H29NO2. The molecule has 1 aliphatic heterocycles. The zero-order valence-electron chi connectivity index (χ0n) is 12.0. The smallest absolute Gasteiger partial charge is 0.304 e. The number of piperidine rings is 1. The topological polar surface area (TPSA) is 40.5 Å². The van der Waals surface area contributed by atoms with Crippen LogP contribution >= 0.6 is 0 Å². The quantitative estimate of drug-likeness (QED) is 0.721. The minimum atomic E-state index is -0.645. The van der Waals surface area contributed by atoms with Crippen LogP contribution < -0.4 is 0 Å². The fourth-order valence-corrected chi connectivity index (χ4v) is 2.98. The fourth-order valence-electron chi connectivity index (χ4n) is 2.98. The van der Waals surface area contributed by atoms with Crippen molar-refractivity contribution < 1.29 is 9.90 Å². The molecule has 1 rings (SSSR count). The van der Waals surface area contributed by atoms with Gasteiger partial charge in [0.05, 0.1) is 6.42 Å². The molecule has 0 aromatic rings. The van der Waals surface area contributed by atoms with Crippen molar-refractivity contribution in [3.8, 4) is 0 Å². The molecule has 3 nitrogen and oxygen atoms in total. The molecule has 0 radical (unpaired) electrons. The lowest BCUT2D eigenvalue weighted by Gasteiger charge is -2.37. The largest absolute Gasteiger partial charge is 0.481 e. The van der Waals surface area contributed by atoms with Gasteiger partial charge in [-0.2, -0.15) is 0 Å². The molecule has 0 spiro atoms. The van der Waals surface area contributed by atoms with Gasteiger partial charge in [0.25, 0.3) is 0 Å². The minimum absolute atomic E-state index is 0.284. The molecular weight excluding hydrogens is 226 g/mol. The van der Waals surface area contributed by atoms with Crippen LogP contribution in [0.5, 0.6) is 0 Å². The van der Waals surface area contributed by atoms with Gasteiger partial charge in [0.1, 0.15) is 0 Å². The Balaban J connectivity index is 2.46. The van der Waals surface area contributed by atoms with Crippen molar-refractivity contribution in [3.05, 3.63) is 0 Å². The number of likely N-dealkylation sites (tertiary alicyclic amines) is 1. The van der Waals surface area contributed by atoms with Gasteiger partial charge in [-0.15, -0.1) is 0 Å². The lowest BCUT2D eigenvalue weighted by atomic mass is 9.94. The number of unbranched alkanes of at least 4 members (excludes halogenated alkanes) is 1. The molecule has 1 heterocycles. The van der Waals surface area contributed by atoms with Crippen molar-refractivity contribution in [3.63, 3.8) is 0 Å². The molecule has 0 aromatic carbocycles. The number of carbonyl (C=O) groups is 1. The monoisotopic (exact) mass is 255 g/mol. The number of nitrogens with zero attached hydrogens (tertiary/aromatic N) is 1. The van der Waals surface area contributed by atoms with Gasteiger partial charge in [-0.1, -0.05) is 39.5 Å². The lowest BCUT2D eigenvalue weighted by molar-refractivity contribution is -0.138. The number of carboxylic acid groups (broad SMARTS) is 1. The van der Waals surface area contributed by atoms with E-state index in [0.29, 0.717) is 6.42 Å². The molecule has 1 N–H and O–H groups in total. The van der Waals surface area contributed by atoms with Crippen molar-refractivity contribution in [2.24, 2.45) is 5.92 Å². The second kappa shape index (κ2) is 8.52. The zero-order valence-corrected chi connectivity index (χ0v) is 12.0. The number of hydrogen-bond donors (Lipinski definition) is 1. The van der Waals surface area contributed by atoms with Gasteiger partial charge in [0, 0.05) is 12.6 Å². The van der Waals surface area contributed by atoms with E-state index in [4.69, 9.17) is 5.11 Å². The minimum Gasteiger partial charge on any atom is -0.481 e. The molecule has 0 aromatic heterocycles. The van der Waals surface area contributed by atoms with E-state index >= 15 is 0 Å². The second-order valence-electron chi connectivity index (χ2n) is 5.66. The Labute approximate surface area is 112 Å². The molecule has 0 aliphatic carbocycles. The first-order valence-electron chi connectivity index (χ1n) is 7.63. The van der Waals surface area contributed by atoms with Gasteiger partial charge in [0.15, 0.2) is 0 Å². The Bertz CT molecular complexity index is 243. The SMILES string of the molecule is CCCCC(CC)CN1CCCCC1CC(=O)O. The van der Waals surface area contributed by atoms with Gasteiger partial charge in [-0.3, -0.25) is 9.69 Å². The summed E-state index contributed by atoms with van der Waals surface area (Å²) < 4.78 is 0. The molecule has 1 aliphatic rings. The Kier molecular flexibility index (Phi) is 7.33. The van der Waals surface area contributed by atoms with Crippen molar-refractivity contribution in [2.75, 3.05) is 13.1 Å². The first-order valence-corrected chi connectivity index (χ1v) is 7.63. The average Bonchev–Trinajstić information content (AvgIpc) is 2.35. The van der Waals surface area contributed by atoms with E-state index in [0.717, 1.165) is 25.4 Å². The van der Waals surface area contributed by atoms with E-state index in [1.165, 1.54) is 38.5 Å². The van der Waals surface area contributed by atoms with E-state index in [9.17, 15) is 4.79 Å². The van der Waals surface area contributed by atoms with Gasteiger partial charge < -0.3 is 5.11 Å². The van der Waals surface area contributed by atoms with Crippen LogP contribution in [0, 0.1) is 5.92 Å². The summed E-state index contributed by atoms with van der Waals surface area (Å²) in [5.74, 6) is 0.104. The van der Waals surface area contributed by atoms with Crippen LogP contribution in [0.2, 0.25) is 0 Å². The number of carboxylic acids is 1. The normalized spacial score (nSPS) is 22.9. The van der Waals surface area contributed by atoms with Crippen molar-refractivity contribution in [1.82, 2.24) is 4.90 Å². The predicted molar refractivity (Wildman–Crippen MR) is 74.8 cm³/mol. The predicted octanol–water partition coefficient (Wildman–Crippen LogP) is 3.53. The standard InChI is InChI=1S/C15H29NO2/c1-3-5-8-13(4-2)12-16-10-7-6-9-14(16)11-15(17)18/h13-14H,3-12H2,1-2H3,(H,17,18). The molecule has 18 heavy (non-hydrogen) atoms. The van der Waals surface area contributed by atoms with Gasteiger partial charge in [-0.25, -0.2) is 0 Å². The first kappa shape index (κ1) is 15.5. The third-order valence-corrected chi connectivity index (χ3v) is 4.20. The highest BCUT2D eigenvalue weighted by Crippen LogP contribution is 2.23. The average molecular weight is 255 g/mol. The molecule has 2 unspecified atom stereocenters. The number of hydrogen-bond acceptors (Lipinski definition) is 2. The molecule has 106 valence electrons. The maximum Gasteiger partial charge on any atom is 0.304 e. The van der Waals surface area contributed by atoms with Crippen LogP contribution in [-0.4, -0.2) is 35.1 Å². The summed E-state index contributed by atoms with van der Waals surface area (Å²) in [5.41, 5.74) is 0. The lowest BCUT2D eigenvalue weighted by Crippen LogP contribution is -2.43. The molecule has 0 saturated carbocycles. The van der Waals surface area contributed by atoms with Crippen LogP contribution in [-0.2, 0) is 4.79 Å². The summed E-state index contributed by atoms with van der Waals surface area (Å²) >= 11 is 0. The van der Waals surface area contributed by atoms with Crippen LogP contribution in [0.4, 0.5) is 0 Å². The summed E-state index contributed by atoms with van der Waals surface area (Å²) in [4.78, 5) is 13.4. The van der Waals surface area contributed by atoms with Crippen LogP contribution in [0.25, 0.3) is 0 Å². The van der Waals surface area contributed by atoms with E-state index < -0.39 is 5.97 Å². The van der Waals surface area contributed by atoms with Crippen molar-refractivity contribution in [2.45, 2.75) is 71.3 Å². The Hall–Kier alpha value is -0.570. The van der Waals surface area contributed by atoms with Crippen LogP contribution in [0.15, 0.2) is 0 Å². The maximum atomic E-state index is 10.9. The summed E-state index contributed by atoms with van der Waals surface area (Å²) in [7, 11) is 0. The highest BCUT2D eigenvalue weighted by molar-refractivity contribution is 5.67. The molecule has 2 atom stereocenters. The highest BCUT2D eigenvalue weighted by atomic mass is 16.4. The molecule has 1 saturated heterocycles. The van der Waals surface area contributed by atoms with Crippen molar-refractivity contribution >= 4 is 5.97 Å². The number of rotatable bonds is 8. The second-order valence-corrected chi connectivity index (χ2v) is 5.66. The van der Waals surface area contributed by atoms with Gasteiger partial charge >= 0.3 is 5.97 Å². The van der Waals surface area contributed by atoms with Crippen LogP contribution in [0.1, 0.15) is 65.2 Å². The van der Waals surface area contributed by atoms with Gasteiger partial charge in [-0.05, 0) is 31.7 Å². The number of aliphatic carboxylic acids is 1.